The summed E-state index contributed by atoms with van der Waals surface area (Å²) in [5, 5.41) is 10.5. The van der Waals surface area contributed by atoms with Crippen molar-refractivity contribution in [1.29, 1.82) is 0 Å². The number of amides is 1. The Morgan fingerprint density at radius 2 is 1.83 bits per heavy atom. The molecule has 2 heterocycles. The topological polar surface area (TPSA) is 85.9 Å². The van der Waals surface area contributed by atoms with Gasteiger partial charge in [0.2, 0.25) is 5.91 Å². The molecule has 10 heteroatoms. The highest BCUT2D eigenvalue weighted by Crippen LogP contribution is 2.28. The number of aromatic nitrogens is 5. The van der Waals surface area contributed by atoms with Crippen molar-refractivity contribution in [3.63, 3.8) is 0 Å². The summed E-state index contributed by atoms with van der Waals surface area (Å²) in [6, 6.07) is 16.2. The number of rotatable bonds is 5. The first-order valence-corrected chi connectivity index (χ1v) is 9.88. The summed E-state index contributed by atoms with van der Waals surface area (Å²) < 4.78 is 2.34. The summed E-state index contributed by atoms with van der Waals surface area (Å²) in [5.41, 5.74) is 1.35. The molecule has 2 aromatic carbocycles. The van der Waals surface area contributed by atoms with Crippen LogP contribution < -0.4 is 10.6 Å². The van der Waals surface area contributed by atoms with Crippen molar-refractivity contribution in [3.8, 4) is 5.69 Å². The van der Waals surface area contributed by atoms with Crippen molar-refractivity contribution in [2.75, 3.05) is 4.90 Å². The van der Waals surface area contributed by atoms with Crippen molar-refractivity contribution < 1.29 is 4.79 Å². The molecule has 0 bridgehead atoms. The normalized spacial score (nSPS) is 10.8. The van der Waals surface area contributed by atoms with E-state index in [4.69, 9.17) is 11.6 Å². The van der Waals surface area contributed by atoms with E-state index in [1.807, 2.05) is 30.3 Å². The van der Waals surface area contributed by atoms with E-state index >= 15 is 0 Å². The van der Waals surface area contributed by atoms with Crippen LogP contribution in [0.15, 0.2) is 64.8 Å². The highest BCUT2D eigenvalue weighted by atomic mass is 35.5. The molecule has 8 nitrogen and oxygen atoms in total. The smallest absolute Gasteiger partial charge is 0.274 e. The predicted molar refractivity (Wildman–Crippen MR) is 111 cm³/mol. The van der Waals surface area contributed by atoms with E-state index in [2.05, 4.69) is 15.4 Å². The number of nitrogens with zero attached hydrogens (tertiary/aromatic N) is 6. The fourth-order valence-corrected chi connectivity index (χ4v) is 3.87. The van der Waals surface area contributed by atoms with Crippen molar-refractivity contribution in [3.05, 3.63) is 81.2 Å². The lowest BCUT2D eigenvalue weighted by Gasteiger charge is -2.17. The van der Waals surface area contributed by atoms with Crippen LogP contribution in [0.4, 0.5) is 10.8 Å². The van der Waals surface area contributed by atoms with E-state index in [-0.39, 0.29) is 12.5 Å². The number of carbonyl (C=O) groups excluding carboxylic acids is 1. The highest BCUT2D eigenvalue weighted by Gasteiger charge is 2.19. The molecule has 4 rings (SSSR count). The Bertz CT molecular complexity index is 1220. The maximum absolute atomic E-state index is 12.6. The fourth-order valence-electron chi connectivity index (χ4n) is 2.78. The maximum atomic E-state index is 12.6. The summed E-state index contributed by atoms with van der Waals surface area (Å²) in [4.78, 5) is 30.8. The van der Waals surface area contributed by atoms with Gasteiger partial charge < -0.3 is 0 Å². The minimum Gasteiger partial charge on any atom is -0.274 e. The van der Waals surface area contributed by atoms with Gasteiger partial charge in [-0.05, 0) is 34.7 Å². The Morgan fingerprint density at radius 3 is 2.55 bits per heavy atom. The highest BCUT2D eigenvalue weighted by molar-refractivity contribution is 7.14. The molecule has 0 radical (unpaired) electrons. The number of hydrogen-bond donors (Lipinski definition) is 0. The molecular formula is C19H15ClN6O2S. The zero-order valence-corrected chi connectivity index (χ0v) is 16.8. The monoisotopic (exact) mass is 426 g/mol. The molecule has 0 aliphatic heterocycles. The molecule has 146 valence electrons. The molecule has 0 spiro atoms. The lowest BCUT2D eigenvalue weighted by Crippen LogP contribution is -2.25. The first-order chi connectivity index (χ1) is 14.0. The van der Waals surface area contributed by atoms with E-state index < -0.39 is 5.69 Å². The number of thiazole rings is 1. The van der Waals surface area contributed by atoms with Gasteiger partial charge in [-0.25, -0.2) is 9.78 Å². The maximum Gasteiger partial charge on any atom is 0.368 e. The lowest BCUT2D eigenvalue weighted by atomic mass is 10.3. The molecule has 0 N–H and O–H groups in total. The molecule has 0 unspecified atom stereocenters. The Balaban J connectivity index is 1.61. The molecule has 0 atom stereocenters. The van der Waals surface area contributed by atoms with E-state index in [9.17, 15) is 9.59 Å². The lowest BCUT2D eigenvalue weighted by molar-refractivity contribution is -0.115. The van der Waals surface area contributed by atoms with Crippen LogP contribution in [-0.2, 0) is 11.3 Å². The largest absolute Gasteiger partial charge is 0.368 e. The molecule has 0 aliphatic rings. The van der Waals surface area contributed by atoms with Crippen LogP contribution in [0.25, 0.3) is 5.69 Å². The fraction of sp³-hybridized carbons (Fsp3) is 0.105. The molecule has 0 aliphatic carbocycles. The molecule has 2 aromatic heterocycles. The summed E-state index contributed by atoms with van der Waals surface area (Å²) >= 11 is 7.46. The van der Waals surface area contributed by atoms with E-state index in [0.717, 1.165) is 10.4 Å². The molecular weight excluding hydrogens is 412 g/mol. The first kappa shape index (κ1) is 19.0. The third kappa shape index (κ3) is 3.82. The number of halogens is 1. The van der Waals surface area contributed by atoms with Gasteiger partial charge in [0.25, 0.3) is 0 Å². The quantitative estimate of drug-likeness (QED) is 0.489. The molecule has 29 heavy (non-hydrogen) atoms. The van der Waals surface area contributed by atoms with Crippen LogP contribution in [0.1, 0.15) is 12.6 Å². The van der Waals surface area contributed by atoms with E-state index in [1.165, 1.54) is 27.8 Å². The second-order valence-corrected chi connectivity index (χ2v) is 7.34. The zero-order valence-electron chi connectivity index (χ0n) is 15.3. The van der Waals surface area contributed by atoms with Gasteiger partial charge >= 0.3 is 5.69 Å². The summed E-state index contributed by atoms with van der Waals surface area (Å²) in [5.74, 6) is -0.154. The first-order valence-electron chi connectivity index (χ1n) is 8.62. The molecule has 0 fully saturated rings. The average molecular weight is 427 g/mol. The van der Waals surface area contributed by atoms with Gasteiger partial charge in [-0.1, -0.05) is 41.9 Å². The van der Waals surface area contributed by atoms with E-state index in [0.29, 0.717) is 21.5 Å². The minimum absolute atomic E-state index is 0.125. The third-order valence-electron chi connectivity index (χ3n) is 4.09. The van der Waals surface area contributed by atoms with Crippen molar-refractivity contribution in [2.45, 2.75) is 13.5 Å². The van der Waals surface area contributed by atoms with Crippen LogP contribution in [0, 0.1) is 0 Å². The molecule has 0 saturated carbocycles. The number of carbonyl (C=O) groups is 1. The summed E-state index contributed by atoms with van der Waals surface area (Å²) in [6.45, 7) is 1.61. The predicted octanol–water partition coefficient (Wildman–Crippen LogP) is 3.27. The number of anilines is 2. The molecule has 4 aromatic rings. The Morgan fingerprint density at radius 1 is 1.10 bits per heavy atom. The van der Waals surface area contributed by atoms with Crippen LogP contribution in [0.3, 0.4) is 0 Å². The van der Waals surface area contributed by atoms with Crippen LogP contribution in [-0.4, -0.2) is 30.7 Å². The number of para-hydroxylation sites is 2. The van der Waals surface area contributed by atoms with Gasteiger partial charge in [-0.15, -0.1) is 11.3 Å². The van der Waals surface area contributed by atoms with Crippen LogP contribution >= 0.6 is 22.9 Å². The second kappa shape index (κ2) is 7.98. The average Bonchev–Trinajstić information content (AvgIpc) is 3.31. The number of benzene rings is 2. The van der Waals surface area contributed by atoms with Crippen molar-refractivity contribution in [1.82, 2.24) is 24.8 Å². The molecule has 1 amide bonds. The van der Waals surface area contributed by atoms with Gasteiger partial charge in [0.15, 0.2) is 5.13 Å². The van der Waals surface area contributed by atoms with Gasteiger partial charge in [-0.3, -0.25) is 9.69 Å². The van der Waals surface area contributed by atoms with Gasteiger partial charge in [-0.2, -0.15) is 9.36 Å². The summed E-state index contributed by atoms with van der Waals surface area (Å²) in [6.07, 6.45) is 0. The number of tetrazole rings is 1. The molecule has 0 saturated heterocycles. The zero-order chi connectivity index (χ0) is 20.4. The van der Waals surface area contributed by atoms with Crippen LogP contribution in [0.5, 0.6) is 0 Å². The van der Waals surface area contributed by atoms with Crippen molar-refractivity contribution in [2.24, 2.45) is 0 Å². The van der Waals surface area contributed by atoms with Gasteiger partial charge in [0.1, 0.15) is 0 Å². The van der Waals surface area contributed by atoms with Gasteiger partial charge in [0.05, 0.1) is 28.6 Å². The number of hydrogen-bond acceptors (Lipinski definition) is 6. The minimum atomic E-state index is -0.431. The summed E-state index contributed by atoms with van der Waals surface area (Å²) in [7, 11) is 0. The van der Waals surface area contributed by atoms with E-state index in [1.54, 1.807) is 29.6 Å². The Labute approximate surface area is 174 Å². The standard InChI is InChI=1S/C19H15ClN6O2S/c1-13(27)25(15-7-3-2-4-8-15)18-21-14(12-29-18)11-24-19(28)26(23-22-24)17-10-6-5-9-16(17)20/h2-10,12H,11H2,1H3. The van der Waals surface area contributed by atoms with Crippen LogP contribution in [0.2, 0.25) is 5.02 Å². The van der Waals surface area contributed by atoms with Gasteiger partial charge in [0, 0.05) is 12.3 Å². The van der Waals surface area contributed by atoms with Crippen molar-refractivity contribution >= 4 is 39.7 Å². The second-order valence-electron chi connectivity index (χ2n) is 6.09. The third-order valence-corrected chi connectivity index (χ3v) is 5.29. The SMILES string of the molecule is CC(=O)N(c1ccccc1)c1nc(Cn2nnn(-c3ccccc3Cl)c2=O)cs1. The Kier molecular flexibility index (Phi) is 5.24. The Hall–Kier alpha value is -3.30.